The van der Waals surface area contributed by atoms with Crippen LogP contribution in [0.25, 0.3) is 0 Å². The number of piperazine rings is 1. The van der Waals surface area contributed by atoms with Crippen molar-refractivity contribution in [3.63, 3.8) is 0 Å². The molecule has 3 aromatic heterocycles. The van der Waals surface area contributed by atoms with E-state index in [1.807, 2.05) is 4.90 Å². The molecule has 1 aliphatic rings. The largest absolute Gasteiger partial charge is 0.455 e. The molecule has 4 heterocycles. The van der Waals surface area contributed by atoms with Crippen LogP contribution in [0.2, 0.25) is 0 Å². The summed E-state index contributed by atoms with van der Waals surface area (Å²) in [6.07, 6.45) is -4.57. The lowest BCUT2D eigenvalue weighted by molar-refractivity contribution is -0.153. The van der Waals surface area contributed by atoms with Crippen molar-refractivity contribution in [2.75, 3.05) is 36.0 Å². The summed E-state index contributed by atoms with van der Waals surface area (Å²) in [5.74, 6) is -0.376. The van der Waals surface area contributed by atoms with E-state index in [0.717, 1.165) is 19.2 Å². The topological polar surface area (TPSA) is 67.4 Å². The standard InChI is InChI=1S/C19H20F3N5O2S/c1-12-9-14(11-30-12)25-5-7-26(8-6-25)17-23-13(2)27(18(28)24-17)10-15-3-4-16(29-15)19(20,21)22/h3-4,9,11H,5-8,10H2,1-2H3. The Labute approximate surface area is 174 Å². The molecule has 0 aliphatic carbocycles. The number of alkyl halides is 3. The van der Waals surface area contributed by atoms with Crippen molar-refractivity contribution in [1.82, 2.24) is 14.5 Å². The predicted octanol–water partition coefficient (Wildman–Crippen LogP) is 3.30. The molecule has 1 fully saturated rings. The lowest BCUT2D eigenvalue weighted by atomic mass is 10.3. The van der Waals surface area contributed by atoms with Gasteiger partial charge in [-0.25, -0.2) is 4.79 Å². The summed E-state index contributed by atoms with van der Waals surface area (Å²) in [5, 5.41) is 2.13. The van der Waals surface area contributed by atoms with Crippen LogP contribution in [-0.2, 0) is 12.7 Å². The van der Waals surface area contributed by atoms with Crippen molar-refractivity contribution in [2.45, 2.75) is 26.6 Å². The van der Waals surface area contributed by atoms with Crippen molar-refractivity contribution >= 4 is 23.0 Å². The van der Waals surface area contributed by atoms with Gasteiger partial charge in [0.1, 0.15) is 11.6 Å². The molecule has 11 heteroatoms. The number of nitrogens with zero attached hydrogens (tertiary/aromatic N) is 5. The minimum absolute atomic E-state index is 0.0172. The molecule has 0 saturated carbocycles. The molecular formula is C19H20F3N5O2S. The van der Waals surface area contributed by atoms with Crippen molar-refractivity contribution < 1.29 is 17.6 Å². The SMILES string of the molecule is Cc1cc(N2CCN(c3nc(C)n(Cc4ccc(C(F)(F)F)o4)c(=O)n3)CC2)cs1. The molecule has 4 rings (SSSR count). The zero-order chi connectivity index (χ0) is 21.5. The highest BCUT2D eigenvalue weighted by atomic mass is 32.1. The van der Waals surface area contributed by atoms with Gasteiger partial charge in [-0.1, -0.05) is 0 Å². The molecule has 0 unspecified atom stereocenters. The molecule has 3 aromatic rings. The van der Waals surface area contributed by atoms with E-state index in [4.69, 9.17) is 4.42 Å². The summed E-state index contributed by atoms with van der Waals surface area (Å²) in [6, 6.07) is 4.20. The van der Waals surface area contributed by atoms with E-state index < -0.39 is 17.6 Å². The van der Waals surface area contributed by atoms with Crippen LogP contribution in [0.3, 0.4) is 0 Å². The number of aryl methyl sites for hydroxylation is 2. The molecule has 0 atom stereocenters. The third-order valence-corrected chi connectivity index (χ3v) is 5.83. The molecule has 1 aliphatic heterocycles. The highest BCUT2D eigenvalue weighted by Crippen LogP contribution is 2.30. The number of aromatic nitrogens is 3. The lowest BCUT2D eigenvalue weighted by Crippen LogP contribution is -2.47. The van der Waals surface area contributed by atoms with E-state index in [9.17, 15) is 18.0 Å². The zero-order valence-corrected chi connectivity index (χ0v) is 17.3. The first kappa shape index (κ1) is 20.5. The zero-order valence-electron chi connectivity index (χ0n) is 16.4. The molecule has 0 N–H and O–H groups in total. The van der Waals surface area contributed by atoms with Crippen LogP contribution >= 0.6 is 11.3 Å². The van der Waals surface area contributed by atoms with Crippen LogP contribution in [0, 0.1) is 13.8 Å². The quantitative estimate of drug-likeness (QED) is 0.622. The van der Waals surface area contributed by atoms with Gasteiger partial charge < -0.3 is 14.2 Å². The Morgan fingerprint density at radius 1 is 1.10 bits per heavy atom. The molecule has 0 bridgehead atoms. The summed E-state index contributed by atoms with van der Waals surface area (Å²) >= 11 is 1.71. The summed E-state index contributed by atoms with van der Waals surface area (Å²) in [4.78, 5) is 26.5. The highest BCUT2D eigenvalue weighted by molar-refractivity contribution is 7.10. The van der Waals surface area contributed by atoms with E-state index in [1.165, 1.54) is 21.2 Å². The van der Waals surface area contributed by atoms with Crippen LogP contribution in [0.5, 0.6) is 0 Å². The predicted molar refractivity (Wildman–Crippen MR) is 107 cm³/mol. The number of thiophene rings is 1. The Hall–Kier alpha value is -2.82. The number of halogens is 3. The van der Waals surface area contributed by atoms with Gasteiger partial charge >= 0.3 is 11.9 Å². The minimum atomic E-state index is -4.57. The highest BCUT2D eigenvalue weighted by Gasteiger charge is 2.34. The first-order valence-electron chi connectivity index (χ1n) is 9.37. The van der Waals surface area contributed by atoms with Crippen LogP contribution in [0.15, 0.2) is 32.8 Å². The van der Waals surface area contributed by atoms with Crippen LogP contribution in [-0.4, -0.2) is 40.7 Å². The van der Waals surface area contributed by atoms with Gasteiger partial charge in [0.25, 0.3) is 0 Å². The van der Waals surface area contributed by atoms with Crippen molar-refractivity contribution in [2.24, 2.45) is 0 Å². The van der Waals surface area contributed by atoms with Crippen molar-refractivity contribution in [1.29, 1.82) is 0 Å². The van der Waals surface area contributed by atoms with Gasteiger partial charge in [-0.15, -0.1) is 11.3 Å². The fourth-order valence-electron chi connectivity index (χ4n) is 3.37. The Balaban J connectivity index is 1.47. The molecular weight excluding hydrogens is 419 g/mol. The molecule has 0 spiro atoms. The Kier molecular flexibility index (Phi) is 5.31. The van der Waals surface area contributed by atoms with Gasteiger partial charge in [-0.05, 0) is 32.0 Å². The maximum absolute atomic E-state index is 12.7. The smallest absolute Gasteiger partial charge is 0.449 e. The van der Waals surface area contributed by atoms with E-state index in [0.29, 0.717) is 24.9 Å². The van der Waals surface area contributed by atoms with Crippen LogP contribution in [0.4, 0.5) is 24.8 Å². The third-order valence-electron chi connectivity index (χ3n) is 4.98. The minimum Gasteiger partial charge on any atom is -0.455 e. The summed E-state index contributed by atoms with van der Waals surface area (Å²) in [7, 11) is 0. The van der Waals surface area contributed by atoms with Crippen molar-refractivity contribution in [3.8, 4) is 0 Å². The maximum Gasteiger partial charge on any atom is 0.449 e. The molecule has 0 amide bonds. The molecule has 160 valence electrons. The summed E-state index contributed by atoms with van der Waals surface area (Å²) in [5.41, 5.74) is 0.625. The Morgan fingerprint density at radius 3 is 2.37 bits per heavy atom. The molecule has 30 heavy (non-hydrogen) atoms. The summed E-state index contributed by atoms with van der Waals surface area (Å²) in [6.45, 7) is 6.46. The Morgan fingerprint density at radius 2 is 1.80 bits per heavy atom. The van der Waals surface area contributed by atoms with Gasteiger partial charge in [-0.3, -0.25) is 4.57 Å². The van der Waals surface area contributed by atoms with Gasteiger partial charge in [0, 0.05) is 42.1 Å². The fraction of sp³-hybridized carbons (Fsp3) is 0.421. The Bertz CT molecular complexity index is 1100. The molecule has 1 saturated heterocycles. The monoisotopic (exact) mass is 439 g/mol. The second kappa shape index (κ2) is 7.78. The van der Waals surface area contributed by atoms with Crippen LogP contribution in [0.1, 0.15) is 22.2 Å². The van der Waals surface area contributed by atoms with Crippen LogP contribution < -0.4 is 15.5 Å². The normalized spacial score (nSPS) is 15.1. The lowest BCUT2D eigenvalue weighted by Gasteiger charge is -2.35. The first-order valence-corrected chi connectivity index (χ1v) is 10.2. The third kappa shape index (κ3) is 4.20. The molecule has 0 aromatic carbocycles. The van der Waals surface area contributed by atoms with E-state index in [1.54, 1.807) is 18.3 Å². The fourth-order valence-corrected chi connectivity index (χ4v) is 4.08. The second-order valence-electron chi connectivity index (χ2n) is 7.09. The number of hydrogen-bond donors (Lipinski definition) is 0. The second-order valence-corrected chi connectivity index (χ2v) is 8.21. The van der Waals surface area contributed by atoms with Gasteiger partial charge in [0.05, 0.1) is 6.54 Å². The number of furan rings is 1. The van der Waals surface area contributed by atoms with E-state index >= 15 is 0 Å². The van der Waals surface area contributed by atoms with Gasteiger partial charge in [-0.2, -0.15) is 23.1 Å². The van der Waals surface area contributed by atoms with E-state index in [-0.39, 0.29) is 12.3 Å². The summed E-state index contributed by atoms with van der Waals surface area (Å²) < 4.78 is 44.1. The average molecular weight is 439 g/mol. The molecule has 7 nitrogen and oxygen atoms in total. The number of anilines is 2. The number of hydrogen-bond acceptors (Lipinski definition) is 7. The molecule has 0 radical (unpaired) electrons. The van der Waals surface area contributed by atoms with Crippen molar-refractivity contribution in [3.05, 3.63) is 56.3 Å². The number of rotatable bonds is 4. The van der Waals surface area contributed by atoms with Gasteiger partial charge in [0.2, 0.25) is 11.7 Å². The van der Waals surface area contributed by atoms with E-state index in [2.05, 4.69) is 33.2 Å². The van der Waals surface area contributed by atoms with Gasteiger partial charge in [0.15, 0.2) is 0 Å². The average Bonchev–Trinajstić information content (AvgIpc) is 3.33. The first-order chi connectivity index (χ1) is 14.2. The maximum atomic E-state index is 12.7.